The zero-order valence-corrected chi connectivity index (χ0v) is 12.3. The summed E-state index contributed by atoms with van der Waals surface area (Å²) in [6, 6.07) is 5.00. The van der Waals surface area contributed by atoms with Crippen LogP contribution in [0.5, 0.6) is 0 Å². The molecule has 0 spiro atoms. The molecule has 0 aromatic carbocycles. The van der Waals surface area contributed by atoms with E-state index in [1.54, 1.807) is 29.1 Å². The monoisotopic (exact) mass is 300 g/mol. The molecule has 0 aliphatic rings. The molecule has 0 radical (unpaired) electrons. The molecule has 2 heterocycles. The van der Waals surface area contributed by atoms with Gasteiger partial charge in [-0.25, -0.2) is 13.1 Å². The van der Waals surface area contributed by atoms with Gasteiger partial charge in [-0.2, -0.15) is 5.10 Å². The number of nitrogens with one attached hydrogen (secondary N) is 1. The minimum Gasteiger partial charge on any atom is -0.326 e. The lowest BCUT2D eigenvalue weighted by Crippen LogP contribution is -2.16. The zero-order chi connectivity index (χ0) is 14.0. The minimum absolute atomic E-state index is 0.0793. The maximum Gasteiger partial charge on any atom is 0.272 e. The van der Waals surface area contributed by atoms with Gasteiger partial charge in [0.05, 0.1) is 6.20 Å². The van der Waals surface area contributed by atoms with Crippen LogP contribution in [-0.4, -0.2) is 18.2 Å². The summed E-state index contributed by atoms with van der Waals surface area (Å²) < 4.78 is 28.9. The largest absolute Gasteiger partial charge is 0.326 e. The summed E-state index contributed by atoms with van der Waals surface area (Å²) in [7, 11) is -3.58. The fraction of sp³-hybridized carbons (Fsp3) is 0.364. The van der Waals surface area contributed by atoms with Crippen molar-refractivity contribution < 1.29 is 8.42 Å². The van der Waals surface area contributed by atoms with Gasteiger partial charge in [0.1, 0.15) is 10.0 Å². The lowest BCUT2D eigenvalue weighted by atomic mass is 10.4. The molecule has 0 saturated carbocycles. The van der Waals surface area contributed by atoms with Gasteiger partial charge in [0, 0.05) is 23.5 Å². The number of aromatic nitrogens is 2. The molecule has 19 heavy (non-hydrogen) atoms. The lowest BCUT2D eigenvalue weighted by Gasteiger charge is -2.12. The van der Waals surface area contributed by atoms with Crippen molar-refractivity contribution in [1.82, 2.24) is 9.78 Å². The molecule has 3 N–H and O–H groups in total. The highest BCUT2D eigenvalue weighted by molar-refractivity contribution is 7.94. The van der Waals surface area contributed by atoms with Gasteiger partial charge < -0.3 is 5.73 Å². The Hall–Kier alpha value is -1.38. The minimum atomic E-state index is -3.58. The SMILES string of the molecule is CC(C)n1nccc1NS(=O)(=O)c1ccc(CN)s1. The summed E-state index contributed by atoms with van der Waals surface area (Å²) in [5.74, 6) is 0.456. The molecule has 2 aromatic rings. The first-order valence-electron chi connectivity index (χ1n) is 5.79. The standard InChI is InChI=1S/C11H16N4O2S2/c1-8(2)15-10(5-6-13-15)14-19(16,17)11-4-3-9(7-12)18-11/h3-6,8,14H,7,12H2,1-2H3. The summed E-state index contributed by atoms with van der Waals surface area (Å²) >= 11 is 1.17. The first kappa shape index (κ1) is 14.0. The van der Waals surface area contributed by atoms with E-state index in [4.69, 9.17) is 5.73 Å². The van der Waals surface area contributed by atoms with Crippen LogP contribution in [-0.2, 0) is 16.6 Å². The second-order valence-corrected chi connectivity index (χ2v) is 7.36. The fourth-order valence-corrected chi connectivity index (χ4v) is 3.89. The molecule has 2 rings (SSSR count). The van der Waals surface area contributed by atoms with Gasteiger partial charge in [0.15, 0.2) is 0 Å². The highest BCUT2D eigenvalue weighted by Gasteiger charge is 2.19. The molecule has 2 aromatic heterocycles. The Kier molecular flexibility index (Phi) is 3.93. The second-order valence-electron chi connectivity index (χ2n) is 4.29. The van der Waals surface area contributed by atoms with Crippen LogP contribution in [0, 0.1) is 0 Å². The van der Waals surface area contributed by atoms with Crippen molar-refractivity contribution >= 4 is 27.2 Å². The Bertz CT molecular complexity index is 658. The van der Waals surface area contributed by atoms with Gasteiger partial charge in [-0.15, -0.1) is 11.3 Å². The van der Waals surface area contributed by atoms with Crippen LogP contribution in [0.25, 0.3) is 0 Å². The predicted molar refractivity (Wildman–Crippen MR) is 75.6 cm³/mol. The smallest absolute Gasteiger partial charge is 0.272 e. The molecule has 0 atom stereocenters. The van der Waals surface area contributed by atoms with E-state index in [-0.39, 0.29) is 10.3 Å². The first-order chi connectivity index (χ1) is 8.94. The molecule has 0 aliphatic carbocycles. The number of sulfonamides is 1. The molecule has 0 amide bonds. The summed E-state index contributed by atoms with van der Waals surface area (Å²) in [5, 5.41) is 4.09. The normalized spacial score (nSPS) is 12.0. The van der Waals surface area contributed by atoms with Crippen LogP contribution < -0.4 is 10.5 Å². The quantitative estimate of drug-likeness (QED) is 0.880. The fourth-order valence-electron chi connectivity index (χ4n) is 1.61. The Morgan fingerprint density at radius 1 is 1.42 bits per heavy atom. The number of nitrogens with two attached hydrogens (primary N) is 1. The lowest BCUT2D eigenvalue weighted by molar-refractivity contribution is 0.539. The number of hydrogen-bond donors (Lipinski definition) is 2. The van der Waals surface area contributed by atoms with Crippen molar-refractivity contribution in [2.24, 2.45) is 5.73 Å². The van der Waals surface area contributed by atoms with Gasteiger partial charge in [-0.1, -0.05) is 0 Å². The number of hydrogen-bond acceptors (Lipinski definition) is 5. The maximum atomic E-state index is 12.2. The summed E-state index contributed by atoms with van der Waals surface area (Å²) in [5.41, 5.74) is 5.49. The van der Waals surface area contributed by atoms with Crippen molar-refractivity contribution in [2.75, 3.05) is 4.72 Å². The number of thiophene rings is 1. The van der Waals surface area contributed by atoms with Crippen LogP contribution in [0.2, 0.25) is 0 Å². The van der Waals surface area contributed by atoms with E-state index in [2.05, 4.69) is 9.82 Å². The first-order valence-corrected chi connectivity index (χ1v) is 8.09. The van der Waals surface area contributed by atoms with E-state index in [0.29, 0.717) is 12.4 Å². The molecule has 0 bridgehead atoms. The molecule has 0 aliphatic heterocycles. The summed E-state index contributed by atoms with van der Waals surface area (Å²) in [4.78, 5) is 0.831. The molecule has 104 valence electrons. The van der Waals surface area contributed by atoms with Crippen LogP contribution >= 0.6 is 11.3 Å². The van der Waals surface area contributed by atoms with Gasteiger partial charge in [0.25, 0.3) is 10.0 Å². The van der Waals surface area contributed by atoms with Crippen LogP contribution in [0.15, 0.2) is 28.6 Å². The van der Waals surface area contributed by atoms with Gasteiger partial charge in [-0.05, 0) is 26.0 Å². The van der Waals surface area contributed by atoms with Crippen molar-refractivity contribution in [3.63, 3.8) is 0 Å². The predicted octanol–water partition coefficient (Wildman–Crippen LogP) is 1.79. The Balaban J connectivity index is 2.28. The number of rotatable bonds is 5. The third-order valence-corrected chi connectivity index (χ3v) is 5.46. The average Bonchev–Trinajstić information content (AvgIpc) is 2.95. The Morgan fingerprint density at radius 2 is 2.16 bits per heavy atom. The highest BCUT2D eigenvalue weighted by Crippen LogP contribution is 2.24. The third kappa shape index (κ3) is 2.96. The maximum absolute atomic E-state index is 12.2. The van der Waals surface area contributed by atoms with Crippen molar-refractivity contribution in [1.29, 1.82) is 0 Å². The van der Waals surface area contributed by atoms with E-state index < -0.39 is 10.0 Å². The Morgan fingerprint density at radius 3 is 2.74 bits per heavy atom. The molecule has 8 heteroatoms. The number of anilines is 1. The zero-order valence-electron chi connectivity index (χ0n) is 10.7. The van der Waals surface area contributed by atoms with E-state index in [0.717, 1.165) is 4.88 Å². The molecule has 0 fully saturated rings. The van der Waals surface area contributed by atoms with E-state index in [1.165, 1.54) is 11.3 Å². The summed E-state index contributed by atoms with van der Waals surface area (Å²) in [6.45, 7) is 4.20. The van der Waals surface area contributed by atoms with E-state index in [1.807, 2.05) is 13.8 Å². The molecule has 0 unspecified atom stereocenters. The van der Waals surface area contributed by atoms with Crippen LogP contribution in [0.1, 0.15) is 24.8 Å². The highest BCUT2D eigenvalue weighted by atomic mass is 32.2. The van der Waals surface area contributed by atoms with Gasteiger partial charge in [0.2, 0.25) is 0 Å². The van der Waals surface area contributed by atoms with E-state index in [9.17, 15) is 8.42 Å². The van der Waals surface area contributed by atoms with Gasteiger partial charge in [-0.3, -0.25) is 4.72 Å². The topological polar surface area (TPSA) is 90.0 Å². The Labute approximate surface area is 116 Å². The number of nitrogens with zero attached hydrogens (tertiary/aromatic N) is 2. The van der Waals surface area contributed by atoms with Crippen LogP contribution in [0.3, 0.4) is 0 Å². The second kappa shape index (κ2) is 5.32. The third-order valence-electron chi connectivity index (χ3n) is 2.50. The molecule has 6 nitrogen and oxygen atoms in total. The molecular weight excluding hydrogens is 284 g/mol. The molecule has 0 saturated heterocycles. The molecular formula is C11H16N4O2S2. The van der Waals surface area contributed by atoms with Crippen molar-refractivity contribution in [2.45, 2.75) is 30.6 Å². The van der Waals surface area contributed by atoms with Crippen LogP contribution in [0.4, 0.5) is 5.82 Å². The van der Waals surface area contributed by atoms with Crippen molar-refractivity contribution in [3.05, 3.63) is 29.3 Å². The van der Waals surface area contributed by atoms with Gasteiger partial charge >= 0.3 is 0 Å². The van der Waals surface area contributed by atoms with Crippen molar-refractivity contribution in [3.8, 4) is 0 Å². The average molecular weight is 300 g/mol. The summed E-state index contributed by atoms with van der Waals surface area (Å²) in [6.07, 6.45) is 1.57. The van der Waals surface area contributed by atoms with E-state index >= 15 is 0 Å².